The van der Waals surface area contributed by atoms with E-state index in [1.54, 1.807) is 7.11 Å². The molecule has 0 amide bonds. The summed E-state index contributed by atoms with van der Waals surface area (Å²) in [4.78, 5) is 0. The van der Waals surface area contributed by atoms with Gasteiger partial charge in [0.1, 0.15) is 0 Å². The normalized spacial score (nSPS) is 17.6. The monoisotopic (exact) mass is 223 g/mol. The van der Waals surface area contributed by atoms with Crippen molar-refractivity contribution in [2.75, 3.05) is 13.7 Å². The molecule has 2 rings (SSSR count). The van der Waals surface area contributed by atoms with Crippen LogP contribution in [0, 0.1) is 5.92 Å². The van der Waals surface area contributed by atoms with E-state index >= 15 is 0 Å². The number of hydrogen-bond acceptors (Lipinski definition) is 3. The Labute approximate surface area is 97.0 Å². The lowest BCUT2D eigenvalue weighted by molar-refractivity contribution is 0.157. The number of nitrogens with one attached hydrogen (secondary N) is 1. The lowest BCUT2D eigenvalue weighted by Crippen LogP contribution is -2.34. The molecular weight excluding hydrogens is 202 g/mol. The number of hydrogen-bond donors (Lipinski definition) is 1. The van der Waals surface area contributed by atoms with Crippen molar-refractivity contribution in [3.05, 3.63) is 18.0 Å². The van der Waals surface area contributed by atoms with E-state index in [2.05, 4.69) is 23.5 Å². The average Bonchev–Trinajstić information content (AvgIpc) is 3.03. The molecule has 1 aromatic rings. The minimum atomic E-state index is 0.509. The molecule has 0 spiro atoms. The average molecular weight is 223 g/mol. The van der Waals surface area contributed by atoms with Gasteiger partial charge in [0.2, 0.25) is 0 Å². The summed E-state index contributed by atoms with van der Waals surface area (Å²) in [5, 5.41) is 7.82. The highest BCUT2D eigenvalue weighted by Crippen LogP contribution is 2.32. The van der Waals surface area contributed by atoms with Gasteiger partial charge >= 0.3 is 0 Å². The van der Waals surface area contributed by atoms with Crippen LogP contribution < -0.4 is 5.32 Å². The van der Waals surface area contributed by atoms with Crippen LogP contribution in [0.2, 0.25) is 0 Å². The molecule has 1 unspecified atom stereocenters. The standard InChI is InChI=1S/C12H21N3O/c1-3-15-8-10(7-14-15)6-13-12(9-16-2)11-4-5-11/h7-8,11-13H,3-6,9H2,1-2H3. The number of ether oxygens (including phenoxy) is 1. The molecule has 0 bridgehead atoms. The van der Waals surface area contributed by atoms with E-state index < -0.39 is 0 Å². The summed E-state index contributed by atoms with van der Waals surface area (Å²) in [5.41, 5.74) is 1.25. The second-order valence-corrected chi connectivity index (χ2v) is 4.48. The van der Waals surface area contributed by atoms with Crippen LogP contribution in [0.15, 0.2) is 12.4 Å². The quantitative estimate of drug-likeness (QED) is 0.760. The van der Waals surface area contributed by atoms with Crippen LogP contribution in [0.4, 0.5) is 0 Å². The first-order valence-electron chi connectivity index (χ1n) is 6.07. The van der Waals surface area contributed by atoms with Crippen LogP contribution in [0.5, 0.6) is 0 Å². The molecule has 1 aliphatic carbocycles. The van der Waals surface area contributed by atoms with Gasteiger partial charge in [-0.05, 0) is 25.7 Å². The number of methoxy groups -OCH3 is 1. The van der Waals surface area contributed by atoms with E-state index in [-0.39, 0.29) is 0 Å². The minimum Gasteiger partial charge on any atom is -0.383 e. The zero-order chi connectivity index (χ0) is 11.4. The van der Waals surface area contributed by atoms with Crippen molar-refractivity contribution in [2.45, 2.75) is 38.9 Å². The summed E-state index contributed by atoms with van der Waals surface area (Å²) in [6.45, 7) is 4.74. The molecule has 1 N–H and O–H groups in total. The topological polar surface area (TPSA) is 39.1 Å². The van der Waals surface area contributed by atoms with Crippen molar-refractivity contribution >= 4 is 0 Å². The smallest absolute Gasteiger partial charge is 0.0618 e. The summed E-state index contributed by atoms with van der Waals surface area (Å²) in [6, 6.07) is 0.509. The van der Waals surface area contributed by atoms with Crippen molar-refractivity contribution in [1.82, 2.24) is 15.1 Å². The molecule has 90 valence electrons. The maximum Gasteiger partial charge on any atom is 0.0618 e. The Bertz CT molecular complexity index is 320. The van der Waals surface area contributed by atoms with Crippen LogP contribution in [-0.4, -0.2) is 29.5 Å². The van der Waals surface area contributed by atoms with Gasteiger partial charge in [-0.3, -0.25) is 4.68 Å². The largest absolute Gasteiger partial charge is 0.383 e. The highest BCUT2D eigenvalue weighted by atomic mass is 16.5. The van der Waals surface area contributed by atoms with Gasteiger partial charge in [-0.15, -0.1) is 0 Å². The van der Waals surface area contributed by atoms with Crippen molar-refractivity contribution in [3.8, 4) is 0 Å². The molecule has 1 aromatic heterocycles. The fraction of sp³-hybridized carbons (Fsp3) is 0.750. The van der Waals surface area contributed by atoms with E-state index in [1.807, 2.05) is 10.9 Å². The van der Waals surface area contributed by atoms with Crippen molar-refractivity contribution in [3.63, 3.8) is 0 Å². The molecule has 4 heteroatoms. The predicted molar refractivity (Wildman–Crippen MR) is 63.1 cm³/mol. The van der Waals surface area contributed by atoms with Crippen molar-refractivity contribution in [2.24, 2.45) is 5.92 Å². The molecular formula is C12H21N3O. The van der Waals surface area contributed by atoms with Crippen LogP contribution in [0.3, 0.4) is 0 Å². The highest BCUT2D eigenvalue weighted by Gasteiger charge is 2.30. The summed E-state index contributed by atoms with van der Waals surface area (Å²) >= 11 is 0. The fourth-order valence-corrected chi connectivity index (χ4v) is 1.96. The molecule has 4 nitrogen and oxygen atoms in total. The fourth-order valence-electron chi connectivity index (χ4n) is 1.96. The van der Waals surface area contributed by atoms with Crippen LogP contribution >= 0.6 is 0 Å². The first-order chi connectivity index (χ1) is 7.83. The maximum absolute atomic E-state index is 5.24. The maximum atomic E-state index is 5.24. The second kappa shape index (κ2) is 5.46. The Balaban J connectivity index is 1.80. The van der Waals surface area contributed by atoms with Gasteiger partial charge in [-0.25, -0.2) is 0 Å². The molecule has 0 saturated heterocycles. The van der Waals surface area contributed by atoms with Gasteiger partial charge in [0.25, 0.3) is 0 Å². The molecule has 0 aromatic carbocycles. The first-order valence-corrected chi connectivity index (χ1v) is 6.07. The van der Waals surface area contributed by atoms with Crippen molar-refractivity contribution < 1.29 is 4.74 Å². The Morgan fingerprint density at radius 3 is 3.00 bits per heavy atom. The van der Waals surface area contributed by atoms with E-state index in [1.165, 1.54) is 18.4 Å². The van der Waals surface area contributed by atoms with Gasteiger partial charge in [-0.2, -0.15) is 5.10 Å². The molecule has 0 aliphatic heterocycles. The van der Waals surface area contributed by atoms with E-state index in [0.717, 1.165) is 25.6 Å². The zero-order valence-electron chi connectivity index (χ0n) is 10.1. The molecule has 1 atom stereocenters. The lowest BCUT2D eigenvalue weighted by Gasteiger charge is -2.16. The Morgan fingerprint density at radius 1 is 1.62 bits per heavy atom. The van der Waals surface area contributed by atoms with Gasteiger partial charge in [0, 0.05) is 38.0 Å². The molecule has 1 aliphatic rings. The lowest BCUT2D eigenvalue weighted by atomic mass is 10.2. The molecule has 0 radical (unpaired) electrons. The number of rotatable bonds is 7. The van der Waals surface area contributed by atoms with Gasteiger partial charge in [0.05, 0.1) is 12.8 Å². The summed E-state index contributed by atoms with van der Waals surface area (Å²) in [5.74, 6) is 0.821. The Hall–Kier alpha value is -0.870. The van der Waals surface area contributed by atoms with E-state index in [0.29, 0.717) is 6.04 Å². The molecule has 1 saturated carbocycles. The third-order valence-corrected chi connectivity index (χ3v) is 3.12. The van der Waals surface area contributed by atoms with Crippen LogP contribution in [-0.2, 0) is 17.8 Å². The molecule has 1 fully saturated rings. The number of aryl methyl sites for hydroxylation is 1. The third-order valence-electron chi connectivity index (χ3n) is 3.12. The van der Waals surface area contributed by atoms with Gasteiger partial charge < -0.3 is 10.1 Å². The SMILES string of the molecule is CCn1cc(CNC(COC)C2CC2)cn1. The summed E-state index contributed by atoms with van der Waals surface area (Å²) in [7, 11) is 1.77. The van der Waals surface area contributed by atoms with Crippen LogP contribution in [0.1, 0.15) is 25.3 Å². The van der Waals surface area contributed by atoms with E-state index in [9.17, 15) is 0 Å². The summed E-state index contributed by atoms with van der Waals surface area (Å²) < 4.78 is 7.19. The molecule has 16 heavy (non-hydrogen) atoms. The summed E-state index contributed by atoms with van der Waals surface area (Å²) in [6.07, 6.45) is 6.72. The number of nitrogens with zero attached hydrogens (tertiary/aromatic N) is 2. The van der Waals surface area contributed by atoms with Gasteiger partial charge in [-0.1, -0.05) is 0 Å². The number of aromatic nitrogens is 2. The highest BCUT2D eigenvalue weighted by molar-refractivity contribution is 5.04. The third kappa shape index (κ3) is 3.06. The van der Waals surface area contributed by atoms with Crippen molar-refractivity contribution in [1.29, 1.82) is 0 Å². The minimum absolute atomic E-state index is 0.509. The zero-order valence-corrected chi connectivity index (χ0v) is 10.1. The Kier molecular flexibility index (Phi) is 3.96. The van der Waals surface area contributed by atoms with Crippen LogP contribution in [0.25, 0.3) is 0 Å². The Morgan fingerprint density at radius 2 is 2.44 bits per heavy atom. The molecule has 1 heterocycles. The van der Waals surface area contributed by atoms with E-state index in [4.69, 9.17) is 4.74 Å². The van der Waals surface area contributed by atoms with Gasteiger partial charge in [0.15, 0.2) is 0 Å². The second-order valence-electron chi connectivity index (χ2n) is 4.48. The first kappa shape index (κ1) is 11.6. The predicted octanol–water partition coefficient (Wildman–Crippen LogP) is 1.42.